The van der Waals surface area contributed by atoms with E-state index in [2.05, 4.69) is 15.6 Å². The summed E-state index contributed by atoms with van der Waals surface area (Å²) in [5, 5.41) is 8.27. The lowest BCUT2D eigenvalue weighted by Crippen LogP contribution is -2.42. The Morgan fingerprint density at radius 1 is 1.15 bits per heavy atom. The number of fused-ring (bicyclic) bond motifs is 1. The quantitative estimate of drug-likeness (QED) is 0.703. The summed E-state index contributed by atoms with van der Waals surface area (Å²) < 4.78 is 0. The fourth-order valence-electron chi connectivity index (χ4n) is 2.87. The van der Waals surface area contributed by atoms with Crippen molar-refractivity contribution in [2.45, 2.75) is 19.5 Å². The van der Waals surface area contributed by atoms with Crippen LogP contribution in [0.4, 0.5) is 9.93 Å². The van der Waals surface area contributed by atoms with E-state index in [4.69, 9.17) is 0 Å². The molecule has 0 fully saturated rings. The minimum absolute atomic E-state index is 0.0814. The van der Waals surface area contributed by atoms with Gasteiger partial charge in [-0.3, -0.25) is 10.1 Å². The van der Waals surface area contributed by atoms with Gasteiger partial charge in [-0.1, -0.05) is 47.7 Å². The zero-order valence-corrected chi connectivity index (χ0v) is 16.1. The molecule has 3 aromatic rings. The molecule has 3 amide bonds. The van der Waals surface area contributed by atoms with Gasteiger partial charge in [-0.05, 0) is 17.0 Å². The van der Waals surface area contributed by atoms with E-state index in [1.165, 1.54) is 22.7 Å². The summed E-state index contributed by atoms with van der Waals surface area (Å²) in [6.07, 6.45) is 0.694. The summed E-state index contributed by atoms with van der Waals surface area (Å²) in [6.45, 7) is 1.64. The standard InChI is InChI=1S/C19H18N4O2S2/c24-17(15-7-4-10-26-15)22-18-21-14-8-9-23(12-16(14)27-18)19(25)20-11-13-5-2-1-3-6-13/h1-7,10H,8-9,11-12H2,(H,20,25)(H,21,22,24). The molecule has 0 saturated heterocycles. The Labute approximate surface area is 164 Å². The second-order valence-corrected chi connectivity index (χ2v) is 8.17. The molecule has 0 saturated carbocycles. The molecule has 0 spiro atoms. The van der Waals surface area contributed by atoms with Crippen LogP contribution in [0.25, 0.3) is 0 Å². The average molecular weight is 399 g/mol. The molecule has 2 N–H and O–H groups in total. The first-order chi connectivity index (χ1) is 13.2. The van der Waals surface area contributed by atoms with Crippen LogP contribution < -0.4 is 10.6 Å². The van der Waals surface area contributed by atoms with Crippen LogP contribution in [-0.2, 0) is 19.5 Å². The van der Waals surface area contributed by atoms with Gasteiger partial charge in [-0.25, -0.2) is 9.78 Å². The van der Waals surface area contributed by atoms with Crippen LogP contribution in [0.5, 0.6) is 0 Å². The number of hydrogen-bond acceptors (Lipinski definition) is 5. The summed E-state index contributed by atoms with van der Waals surface area (Å²) in [5.41, 5.74) is 2.04. The Hall–Kier alpha value is -2.71. The minimum Gasteiger partial charge on any atom is -0.334 e. The van der Waals surface area contributed by atoms with Gasteiger partial charge >= 0.3 is 6.03 Å². The van der Waals surface area contributed by atoms with Gasteiger partial charge in [0.15, 0.2) is 5.13 Å². The number of urea groups is 1. The highest BCUT2D eigenvalue weighted by Crippen LogP contribution is 2.29. The third kappa shape index (κ3) is 4.17. The molecule has 1 aliphatic rings. The number of rotatable bonds is 4. The van der Waals surface area contributed by atoms with Crippen LogP contribution in [0.15, 0.2) is 47.8 Å². The number of carbonyl (C=O) groups is 2. The molecule has 0 atom stereocenters. The predicted molar refractivity (Wildman–Crippen MR) is 107 cm³/mol. The highest BCUT2D eigenvalue weighted by molar-refractivity contribution is 7.16. The highest BCUT2D eigenvalue weighted by atomic mass is 32.1. The number of hydrogen-bond donors (Lipinski definition) is 2. The van der Waals surface area contributed by atoms with E-state index in [9.17, 15) is 9.59 Å². The minimum atomic E-state index is -0.145. The number of thiophene rings is 1. The lowest BCUT2D eigenvalue weighted by molar-refractivity contribution is 0.103. The molecule has 0 radical (unpaired) electrons. The van der Waals surface area contributed by atoms with E-state index in [-0.39, 0.29) is 11.9 Å². The molecule has 138 valence electrons. The molecule has 0 aliphatic carbocycles. The van der Waals surface area contributed by atoms with Crippen molar-refractivity contribution < 1.29 is 9.59 Å². The molecule has 1 aliphatic heterocycles. The normalized spacial score (nSPS) is 13.1. The maximum absolute atomic E-state index is 12.5. The zero-order chi connectivity index (χ0) is 18.6. The molecule has 8 heteroatoms. The van der Waals surface area contributed by atoms with Crippen LogP contribution in [-0.4, -0.2) is 28.4 Å². The molecule has 3 heterocycles. The van der Waals surface area contributed by atoms with Gasteiger partial charge in [0.1, 0.15) is 0 Å². The Morgan fingerprint density at radius 3 is 2.78 bits per heavy atom. The van der Waals surface area contributed by atoms with E-state index < -0.39 is 0 Å². The van der Waals surface area contributed by atoms with E-state index in [0.717, 1.165) is 16.1 Å². The number of nitrogens with one attached hydrogen (secondary N) is 2. The van der Waals surface area contributed by atoms with Crippen molar-refractivity contribution in [3.8, 4) is 0 Å². The van der Waals surface area contributed by atoms with Gasteiger partial charge < -0.3 is 10.2 Å². The van der Waals surface area contributed by atoms with Gasteiger partial charge in [0.2, 0.25) is 0 Å². The van der Waals surface area contributed by atoms with Gasteiger partial charge in [0.25, 0.3) is 5.91 Å². The molecule has 6 nitrogen and oxygen atoms in total. The van der Waals surface area contributed by atoms with Crippen LogP contribution in [0.1, 0.15) is 25.8 Å². The Morgan fingerprint density at radius 2 is 2.00 bits per heavy atom. The molecular formula is C19H18N4O2S2. The fourth-order valence-corrected chi connectivity index (χ4v) is 4.51. The second-order valence-electron chi connectivity index (χ2n) is 6.14. The predicted octanol–water partition coefficient (Wildman–Crippen LogP) is 3.72. The lowest BCUT2D eigenvalue weighted by Gasteiger charge is -2.26. The van der Waals surface area contributed by atoms with Crippen LogP contribution in [0.3, 0.4) is 0 Å². The Balaban J connectivity index is 1.36. The lowest BCUT2D eigenvalue weighted by atomic mass is 10.2. The molecule has 1 aromatic carbocycles. The van der Waals surface area contributed by atoms with Crippen molar-refractivity contribution in [3.05, 3.63) is 68.9 Å². The first-order valence-corrected chi connectivity index (χ1v) is 10.3. The average Bonchev–Trinajstić information content (AvgIpc) is 3.35. The van der Waals surface area contributed by atoms with Gasteiger partial charge in [-0.2, -0.15) is 0 Å². The van der Waals surface area contributed by atoms with E-state index >= 15 is 0 Å². The summed E-state index contributed by atoms with van der Waals surface area (Å²) in [6, 6.07) is 13.4. The second kappa shape index (κ2) is 7.89. The molecule has 0 unspecified atom stereocenters. The Kier molecular flexibility index (Phi) is 5.17. The van der Waals surface area contributed by atoms with Crippen molar-refractivity contribution in [2.24, 2.45) is 0 Å². The van der Waals surface area contributed by atoms with Crippen molar-refractivity contribution in [2.75, 3.05) is 11.9 Å². The zero-order valence-electron chi connectivity index (χ0n) is 14.5. The van der Waals surface area contributed by atoms with E-state index in [1.807, 2.05) is 41.8 Å². The van der Waals surface area contributed by atoms with Gasteiger partial charge in [0.05, 0.1) is 17.1 Å². The number of nitrogens with zero attached hydrogens (tertiary/aromatic N) is 2. The van der Waals surface area contributed by atoms with Crippen LogP contribution in [0, 0.1) is 0 Å². The van der Waals surface area contributed by atoms with Crippen LogP contribution >= 0.6 is 22.7 Å². The Bertz CT molecular complexity index is 938. The van der Waals surface area contributed by atoms with Crippen LogP contribution in [0.2, 0.25) is 0 Å². The molecular weight excluding hydrogens is 380 g/mol. The van der Waals surface area contributed by atoms with E-state index in [1.54, 1.807) is 11.0 Å². The first-order valence-electron chi connectivity index (χ1n) is 8.59. The van der Waals surface area contributed by atoms with Crippen molar-refractivity contribution in [1.82, 2.24) is 15.2 Å². The number of anilines is 1. The van der Waals surface area contributed by atoms with Gasteiger partial charge in [-0.15, -0.1) is 11.3 Å². The number of amides is 3. The monoisotopic (exact) mass is 398 g/mol. The van der Waals surface area contributed by atoms with Crippen molar-refractivity contribution in [1.29, 1.82) is 0 Å². The fraction of sp³-hybridized carbons (Fsp3) is 0.211. The largest absolute Gasteiger partial charge is 0.334 e. The molecule has 27 heavy (non-hydrogen) atoms. The summed E-state index contributed by atoms with van der Waals surface area (Å²) in [5.74, 6) is -0.145. The molecule has 2 aromatic heterocycles. The topological polar surface area (TPSA) is 74.3 Å². The first kappa shape index (κ1) is 17.7. The third-order valence-electron chi connectivity index (χ3n) is 4.27. The third-order valence-corrected chi connectivity index (χ3v) is 6.14. The van der Waals surface area contributed by atoms with Gasteiger partial charge in [0, 0.05) is 24.4 Å². The summed E-state index contributed by atoms with van der Waals surface area (Å²) in [7, 11) is 0. The van der Waals surface area contributed by atoms with E-state index in [0.29, 0.717) is 36.1 Å². The summed E-state index contributed by atoms with van der Waals surface area (Å²) >= 11 is 2.83. The van der Waals surface area contributed by atoms with Crippen molar-refractivity contribution in [3.63, 3.8) is 0 Å². The number of benzene rings is 1. The number of thiazole rings is 1. The maximum atomic E-state index is 12.5. The SMILES string of the molecule is O=C(Nc1nc2c(s1)CN(C(=O)NCc1ccccc1)CC2)c1cccs1. The highest BCUT2D eigenvalue weighted by Gasteiger charge is 2.24. The number of aromatic nitrogens is 1. The smallest absolute Gasteiger partial charge is 0.318 e. The number of carbonyl (C=O) groups excluding carboxylic acids is 2. The maximum Gasteiger partial charge on any atom is 0.318 e. The molecule has 0 bridgehead atoms. The van der Waals surface area contributed by atoms with Crippen molar-refractivity contribution >= 4 is 39.7 Å². The summed E-state index contributed by atoms with van der Waals surface area (Å²) in [4.78, 5) is 32.6. The molecule has 4 rings (SSSR count).